The lowest BCUT2D eigenvalue weighted by atomic mass is 10.0. The first-order valence-corrected chi connectivity index (χ1v) is 11.6. The van der Waals surface area contributed by atoms with Crippen LogP contribution in [0.1, 0.15) is 58.7 Å². The van der Waals surface area contributed by atoms with Crippen LogP contribution in [0.5, 0.6) is 0 Å². The summed E-state index contributed by atoms with van der Waals surface area (Å²) < 4.78 is 21.1. The first-order valence-electron chi connectivity index (χ1n) is 11.6. The number of carbonyl (C=O) groups is 2. The van der Waals surface area contributed by atoms with E-state index in [9.17, 15) is 14.0 Å². The molecule has 6 nitrogen and oxygen atoms in total. The third-order valence-electron chi connectivity index (χ3n) is 5.94. The Labute approximate surface area is 204 Å². The monoisotopic (exact) mass is 473 g/mol. The molecule has 0 radical (unpaired) electrons. The lowest BCUT2D eigenvalue weighted by molar-refractivity contribution is 0.0526. The summed E-state index contributed by atoms with van der Waals surface area (Å²) in [5, 5.41) is 0.721. The fourth-order valence-corrected chi connectivity index (χ4v) is 4.34. The van der Waals surface area contributed by atoms with Crippen molar-refractivity contribution in [2.75, 3.05) is 18.6 Å². The quantitative estimate of drug-likeness (QED) is 0.318. The predicted molar refractivity (Wildman–Crippen MR) is 134 cm³/mol. The van der Waals surface area contributed by atoms with Crippen LogP contribution in [0.4, 0.5) is 10.1 Å². The van der Waals surface area contributed by atoms with Crippen molar-refractivity contribution in [3.05, 3.63) is 95.2 Å². The average Bonchev–Trinajstić information content (AvgIpc) is 3.17. The molecule has 0 aliphatic rings. The molecule has 4 aromatic rings. The molecule has 2 aromatic carbocycles. The number of carbonyl (C=O) groups excluding carboxylic acids is 2. The summed E-state index contributed by atoms with van der Waals surface area (Å²) in [5.74, 6) is -1.21. The molecule has 35 heavy (non-hydrogen) atoms. The van der Waals surface area contributed by atoms with Crippen molar-refractivity contribution in [1.82, 2.24) is 9.55 Å². The third kappa shape index (κ3) is 4.80. The van der Waals surface area contributed by atoms with Crippen LogP contribution in [-0.2, 0) is 11.3 Å². The first kappa shape index (κ1) is 24.1. The number of fused-ring (bicyclic) bond motifs is 1. The maximum atomic E-state index is 13.9. The maximum Gasteiger partial charge on any atom is 0.338 e. The number of rotatable bonds is 7. The molecule has 0 aliphatic carbocycles. The standard InChI is InChI=1S/C28H28FN3O3/c1-5-35-28(34)20-11-12-23-24(13-20)32(17-19-9-7-6-8-10-19)26(18(2)3)25(23)27(33)31(4)22-14-21(29)15-30-16-22/h6-16,18H,5,17H2,1-4H3. The number of amides is 1. The average molecular weight is 474 g/mol. The number of ether oxygens (including phenoxy) is 1. The van der Waals surface area contributed by atoms with Gasteiger partial charge in [0.2, 0.25) is 0 Å². The Morgan fingerprint density at radius 1 is 1.09 bits per heavy atom. The zero-order valence-electron chi connectivity index (χ0n) is 20.3. The summed E-state index contributed by atoms with van der Waals surface area (Å²) in [6, 6.07) is 16.5. The van der Waals surface area contributed by atoms with Crippen LogP contribution in [0.15, 0.2) is 67.0 Å². The largest absolute Gasteiger partial charge is 0.462 e. The summed E-state index contributed by atoms with van der Waals surface area (Å²) >= 11 is 0. The van der Waals surface area contributed by atoms with Gasteiger partial charge in [-0.15, -0.1) is 0 Å². The molecule has 180 valence electrons. The molecule has 0 saturated heterocycles. The highest BCUT2D eigenvalue weighted by Gasteiger charge is 2.28. The van der Waals surface area contributed by atoms with Gasteiger partial charge in [0, 0.05) is 30.7 Å². The van der Waals surface area contributed by atoms with E-state index < -0.39 is 11.8 Å². The molecule has 2 heterocycles. The van der Waals surface area contributed by atoms with Gasteiger partial charge in [-0.05, 0) is 30.5 Å². The van der Waals surface area contributed by atoms with Gasteiger partial charge in [0.25, 0.3) is 5.91 Å². The number of hydrogen-bond acceptors (Lipinski definition) is 4. The van der Waals surface area contributed by atoms with E-state index >= 15 is 0 Å². The summed E-state index contributed by atoms with van der Waals surface area (Å²) in [7, 11) is 1.61. The minimum atomic E-state index is -0.517. The highest BCUT2D eigenvalue weighted by atomic mass is 19.1. The van der Waals surface area contributed by atoms with Crippen LogP contribution < -0.4 is 4.90 Å². The van der Waals surface area contributed by atoms with Gasteiger partial charge in [-0.1, -0.05) is 50.2 Å². The second-order valence-electron chi connectivity index (χ2n) is 8.66. The van der Waals surface area contributed by atoms with Crippen molar-refractivity contribution < 1.29 is 18.7 Å². The summed E-state index contributed by atoms with van der Waals surface area (Å²) in [6.45, 7) is 6.62. The van der Waals surface area contributed by atoms with Gasteiger partial charge in [-0.2, -0.15) is 0 Å². The van der Waals surface area contributed by atoms with Crippen LogP contribution in [-0.4, -0.2) is 35.1 Å². The zero-order valence-corrected chi connectivity index (χ0v) is 20.3. The van der Waals surface area contributed by atoms with Gasteiger partial charge in [0.15, 0.2) is 0 Å². The number of hydrogen-bond donors (Lipinski definition) is 0. The molecule has 0 fully saturated rings. The minimum Gasteiger partial charge on any atom is -0.462 e. The van der Waals surface area contributed by atoms with Crippen molar-refractivity contribution >= 4 is 28.5 Å². The summed E-state index contributed by atoms with van der Waals surface area (Å²) in [5.41, 5.74) is 3.96. The second-order valence-corrected chi connectivity index (χ2v) is 8.66. The van der Waals surface area contributed by atoms with E-state index in [0.717, 1.165) is 28.4 Å². The SMILES string of the molecule is CCOC(=O)c1ccc2c(C(=O)N(C)c3cncc(F)c3)c(C(C)C)n(Cc3ccccc3)c2c1. The summed E-state index contributed by atoms with van der Waals surface area (Å²) in [4.78, 5) is 31.6. The number of esters is 1. The lowest BCUT2D eigenvalue weighted by Gasteiger charge is -2.20. The number of pyridine rings is 1. The van der Waals surface area contributed by atoms with E-state index in [4.69, 9.17) is 4.74 Å². The van der Waals surface area contributed by atoms with E-state index in [2.05, 4.69) is 9.55 Å². The Bertz CT molecular complexity index is 1380. The number of aromatic nitrogens is 2. The molecule has 0 aliphatic heterocycles. The van der Waals surface area contributed by atoms with Gasteiger partial charge >= 0.3 is 5.97 Å². The van der Waals surface area contributed by atoms with E-state index in [1.807, 2.05) is 44.2 Å². The van der Waals surface area contributed by atoms with Crippen molar-refractivity contribution in [1.29, 1.82) is 0 Å². The molecule has 0 atom stereocenters. The third-order valence-corrected chi connectivity index (χ3v) is 5.94. The normalized spacial score (nSPS) is 11.1. The van der Waals surface area contributed by atoms with Crippen LogP contribution in [0.2, 0.25) is 0 Å². The smallest absolute Gasteiger partial charge is 0.338 e. The molecule has 7 heteroatoms. The molecule has 0 unspecified atom stereocenters. The van der Waals surface area contributed by atoms with Gasteiger partial charge < -0.3 is 14.2 Å². The van der Waals surface area contributed by atoms with Crippen molar-refractivity contribution in [3.8, 4) is 0 Å². The maximum absolute atomic E-state index is 13.9. The number of nitrogens with zero attached hydrogens (tertiary/aromatic N) is 3. The van der Waals surface area contributed by atoms with Crippen LogP contribution in [0.3, 0.4) is 0 Å². The van der Waals surface area contributed by atoms with E-state index in [-0.39, 0.29) is 18.4 Å². The van der Waals surface area contributed by atoms with Crippen LogP contribution >= 0.6 is 0 Å². The molecule has 2 aromatic heterocycles. The Hall–Kier alpha value is -4.00. The Kier molecular flexibility index (Phi) is 6.96. The Morgan fingerprint density at radius 3 is 2.49 bits per heavy atom. The molecule has 0 spiro atoms. The van der Waals surface area contributed by atoms with Gasteiger partial charge in [0.1, 0.15) is 5.82 Å². The Morgan fingerprint density at radius 2 is 1.83 bits per heavy atom. The fourth-order valence-electron chi connectivity index (χ4n) is 4.34. The predicted octanol–water partition coefficient (Wildman–Crippen LogP) is 5.80. The van der Waals surface area contributed by atoms with Crippen molar-refractivity contribution in [3.63, 3.8) is 0 Å². The van der Waals surface area contributed by atoms with Crippen LogP contribution in [0, 0.1) is 5.82 Å². The van der Waals surface area contributed by atoms with E-state index in [1.165, 1.54) is 17.2 Å². The van der Waals surface area contributed by atoms with Crippen molar-refractivity contribution in [2.24, 2.45) is 0 Å². The topological polar surface area (TPSA) is 64.4 Å². The summed E-state index contributed by atoms with van der Waals surface area (Å²) in [6.07, 6.45) is 2.56. The van der Waals surface area contributed by atoms with Gasteiger partial charge in [-0.3, -0.25) is 9.78 Å². The molecule has 4 rings (SSSR count). The second kappa shape index (κ2) is 10.1. The molecule has 0 N–H and O–H groups in total. The van der Waals surface area contributed by atoms with E-state index in [1.54, 1.807) is 32.2 Å². The molecular weight excluding hydrogens is 445 g/mol. The highest BCUT2D eigenvalue weighted by Crippen LogP contribution is 2.34. The highest BCUT2D eigenvalue weighted by molar-refractivity contribution is 6.15. The Balaban J connectivity index is 1.94. The number of benzene rings is 2. The van der Waals surface area contributed by atoms with Gasteiger partial charge in [0.05, 0.1) is 41.3 Å². The number of anilines is 1. The lowest BCUT2D eigenvalue weighted by Crippen LogP contribution is -2.27. The van der Waals surface area contributed by atoms with E-state index in [0.29, 0.717) is 23.4 Å². The molecular formula is C28H28FN3O3. The zero-order chi connectivity index (χ0) is 25.1. The molecule has 0 saturated carbocycles. The van der Waals surface area contributed by atoms with Crippen molar-refractivity contribution in [2.45, 2.75) is 33.2 Å². The minimum absolute atomic E-state index is 0.00450. The molecule has 1 amide bonds. The van der Waals surface area contributed by atoms with Crippen LogP contribution in [0.25, 0.3) is 10.9 Å². The fraction of sp³-hybridized carbons (Fsp3) is 0.250. The first-order chi connectivity index (χ1) is 16.8. The number of halogens is 1. The molecule has 0 bridgehead atoms. The van der Waals surface area contributed by atoms with Gasteiger partial charge in [-0.25, -0.2) is 9.18 Å².